The molecule has 1 saturated heterocycles. The van der Waals surface area contributed by atoms with Gasteiger partial charge in [0.15, 0.2) is 5.82 Å². The van der Waals surface area contributed by atoms with Crippen LogP contribution in [0.15, 0.2) is 48.8 Å². The van der Waals surface area contributed by atoms with Gasteiger partial charge in [-0.15, -0.1) is 0 Å². The fourth-order valence-corrected chi connectivity index (χ4v) is 2.86. The first-order chi connectivity index (χ1) is 11.3. The van der Waals surface area contributed by atoms with Crippen LogP contribution in [0.4, 0.5) is 5.82 Å². The molecule has 6 heteroatoms. The largest absolute Gasteiger partial charge is 0.391 e. The molecule has 116 valence electrons. The first-order valence-electron chi connectivity index (χ1n) is 7.66. The molecule has 0 aliphatic carbocycles. The molecule has 2 N–H and O–H groups in total. The van der Waals surface area contributed by atoms with Gasteiger partial charge in [-0.1, -0.05) is 18.2 Å². The zero-order valence-corrected chi connectivity index (χ0v) is 12.6. The smallest absolute Gasteiger partial charge is 0.161 e. The van der Waals surface area contributed by atoms with Crippen LogP contribution < -0.4 is 4.90 Å². The number of nitrogens with zero attached hydrogens (tertiary/aromatic N) is 4. The molecule has 0 amide bonds. The van der Waals surface area contributed by atoms with Gasteiger partial charge in [-0.05, 0) is 24.6 Å². The highest BCUT2D eigenvalue weighted by Crippen LogP contribution is 2.25. The fourth-order valence-electron chi connectivity index (χ4n) is 2.86. The van der Waals surface area contributed by atoms with E-state index in [0.717, 1.165) is 35.6 Å². The van der Waals surface area contributed by atoms with Crippen molar-refractivity contribution in [3.05, 3.63) is 48.8 Å². The van der Waals surface area contributed by atoms with Gasteiger partial charge >= 0.3 is 0 Å². The molecule has 1 atom stereocenters. The second-order valence-corrected chi connectivity index (χ2v) is 5.68. The Hall–Kier alpha value is -2.73. The van der Waals surface area contributed by atoms with Gasteiger partial charge < -0.3 is 10.0 Å². The number of rotatable bonds is 3. The number of benzene rings is 1. The minimum Gasteiger partial charge on any atom is -0.391 e. The van der Waals surface area contributed by atoms with Crippen LogP contribution in [0.5, 0.6) is 0 Å². The Morgan fingerprint density at radius 1 is 1.13 bits per heavy atom. The quantitative estimate of drug-likeness (QED) is 0.775. The number of aromatic nitrogens is 4. The monoisotopic (exact) mass is 307 g/mol. The molecule has 0 radical (unpaired) electrons. The van der Waals surface area contributed by atoms with Crippen molar-refractivity contribution in [1.82, 2.24) is 20.2 Å². The van der Waals surface area contributed by atoms with Gasteiger partial charge in [-0.3, -0.25) is 5.10 Å². The van der Waals surface area contributed by atoms with Gasteiger partial charge in [0.05, 0.1) is 11.8 Å². The first-order valence-corrected chi connectivity index (χ1v) is 7.66. The van der Waals surface area contributed by atoms with Crippen molar-refractivity contribution in [1.29, 1.82) is 0 Å². The van der Waals surface area contributed by atoms with Crippen molar-refractivity contribution in [2.75, 3.05) is 18.0 Å². The summed E-state index contributed by atoms with van der Waals surface area (Å²) in [4.78, 5) is 11.1. The molecule has 1 aliphatic rings. The predicted molar refractivity (Wildman–Crippen MR) is 87.9 cm³/mol. The lowest BCUT2D eigenvalue weighted by Crippen LogP contribution is -2.22. The summed E-state index contributed by atoms with van der Waals surface area (Å²) in [5.74, 6) is 1.55. The predicted octanol–water partition coefficient (Wildman–Crippen LogP) is 2.10. The molecular weight excluding hydrogens is 290 g/mol. The third-order valence-electron chi connectivity index (χ3n) is 4.06. The zero-order chi connectivity index (χ0) is 15.6. The minimum absolute atomic E-state index is 0.267. The van der Waals surface area contributed by atoms with E-state index in [9.17, 15) is 5.11 Å². The van der Waals surface area contributed by atoms with E-state index in [2.05, 4.69) is 25.1 Å². The maximum Gasteiger partial charge on any atom is 0.161 e. The molecule has 0 spiro atoms. The van der Waals surface area contributed by atoms with Crippen molar-refractivity contribution in [2.45, 2.75) is 12.5 Å². The fraction of sp³-hybridized carbons (Fsp3) is 0.235. The Morgan fingerprint density at radius 3 is 2.83 bits per heavy atom. The summed E-state index contributed by atoms with van der Waals surface area (Å²) in [6.45, 7) is 1.45. The van der Waals surface area contributed by atoms with Crippen molar-refractivity contribution < 1.29 is 5.11 Å². The molecule has 1 aromatic carbocycles. The Kier molecular flexibility index (Phi) is 3.51. The molecule has 2 aromatic heterocycles. The third kappa shape index (κ3) is 2.80. The van der Waals surface area contributed by atoms with E-state index in [4.69, 9.17) is 0 Å². The summed E-state index contributed by atoms with van der Waals surface area (Å²) < 4.78 is 0. The zero-order valence-electron chi connectivity index (χ0n) is 12.6. The Labute approximate surface area is 133 Å². The average Bonchev–Trinajstić information content (AvgIpc) is 3.27. The van der Waals surface area contributed by atoms with E-state index in [1.807, 2.05) is 36.4 Å². The molecule has 0 saturated carbocycles. The van der Waals surface area contributed by atoms with Gasteiger partial charge in [0.2, 0.25) is 0 Å². The van der Waals surface area contributed by atoms with E-state index in [-0.39, 0.29) is 6.10 Å². The van der Waals surface area contributed by atoms with E-state index in [0.29, 0.717) is 12.4 Å². The van der Waals surface area contributed by atoms with Crippen LogP contribution in [-0.2, 0) is 0 Å². The van der Waals surface area contributed by atoms with Gasteiger partial charge in [-0.25, -0.2) is 9.97 Å². The number of hydrogen-bond donors (Lipinski definition) is 2. The average molecular weight is 307 g/mol. The Morgan fingerprint density at radius 2 is 2.04 bits per heavy atom. The van der Waals surface area contributed by atoms with Gasteiger partial charge in [-0.2, -0.15) is 5.10 Å². The highest BCUT2D eigenvalue weighted by Gasteiger charge is 2.21. The molecule has 4 rings (SSSR count). The number of nitrogens with one attached hydrogen (secondary N) is 1. The highest BCUT2D eigenvalue weighted by atomic mass is 16.3. The topological polar surface area (TPSA) is 77.9 Å². The SMILES string of the molecule is OC1CCN(c2ccnc(-c3cccc(-c4ccn[nH]4)c3)n2)C1. The number of hydrogen-bond acceptors (Lipinski definition) is 5. The summed E-state index contributed by atoms with van der Waals surface area (Å²) in [6, 6.07) is 11.9. The van der Waals surface area contributed by atoms with Crippen molar-refractivity contribution in [3.8, 4) is 22.6 Å². The maximum atomic E-state index is 9.69. The van der Waals surface area contributed by atoms with Crippen LogP contribution in [-0.4, -0.2) is 44.5 Å². The van der Waals surface area contributed by atoms with Crippen LogP contribution in [0.3, 0.4) is 0 Å². The van der Waals surface area contributed by atoms with Crippen LogP contribution in [0, 0.1) is 0 Å². The van der Waals surface area contributed by atoms with Crippen molar-refractivity contribution in [2.24, 2.45) is 0 Å². The first kappa shape index (κ1) is 13.9. The molecule has 0 bridgehead atoms. The van der Waals surface area contributed by atoms with Gasteiger partial charge in [0, 0.05) is 36.6 Å². The van der Waals surface area contributed by atoms with Crippen molar-refractivity contribution >= 4 is 5.82 Å². The van der Waals surface area contributed by atoms with E-state index < -0.39 is 0 Å². The molecule has 1 fully saturated rings. The molecule has 1 unspecified atom stereocenters. The molecule has 6 nitrogen and oxygen atoms in total. The lowest BCUT2D eigenvalue weighted by Gasteiger charge is -2.16. The number of β-amino-alcohol motifs (C(OH)–C–C–N with tert-alkyl or cyclic N) is 1. The molecule has 3 heterocycles. The minimum atomic E-state index is -0.267. The normalized spacial score (nSPS) is 17.6. The second kappa shape index (κ2) is 5.81. The Balaban J connectivity index is 1.67. The van der Waals surface area contributed by atoms with E-state index in [1.165, 1.54) is 0 Å². The second-order valence-electron chi connectivity index (χ2n) is 5.68. The van der Waals surface area contributed by atoms with E-state index >= 15 is 0 Å². The van der Waals surface area contributed by atoms with Crippen LogP contribution in [0.1, 0.15) is 6.42 Å². The van der Waals surface area contributed by atoms with Crippen molar-refractivity contribution in [3.63, 3.8) is 0 Å². The summed E-state index contributed by atoms with van der Waals surface area (Å²) in [5.41, 5.74) is 2.97. The van der Waals surface area contributed by atoms with Crippen LogP contribution in [0.25, 0.3) is 22.6 Å². The number of anilines is 1. The maximum absolute atomic E-state index is 9.69. The number of aromatic amines is 1. The number of aliphatic hydroxyl groups excluding tert-OH is 1. The van der Waals surface area contributed by atoms with Gasteiger partial charge in [0.1, 0.15) is 5.82 Å². The standard InChI is InChI=1S/C17H17N5O/c23-14-6-9-22(11-14)16-5-7-18-17(20-16)13-3-1-2-12(10-13)15-4-8-19-21-15/h1-5,7-8,10,14,23H,6,9,11H2,(H,19,21). The number of aliphatic hydroxyl groups is 1. The van der Waals surface area contributed by atoms with Gasteiger partial charge in [0.25, 0.3) is 0 Å². The lowest BCUT2D eigenvalue weighted by atomic mass is 10.1. The summed E-state index contributed by atoms with van der Waals surface area (Å²) in [5, 5.41) is 16.6. The molecule has 23 heavy (non-hydrogen) atoms. The van der Waals surface area contributed by atoms with Crippen LogP contribution in [0.2, 0.25) is 0 Å². The third-order valence-corrected chi connectivity index (χ3v) is 4.06. The molecule has 3 aromatic rings. The summed E-state index contributed by atoms with van der Waals surface area (Å²) in [6.07, 6.45) is 4.02. The lowest BCUT2D eigenvalue weighted by molar-refractivity contribution is 0.198. The summed E-state index contributed by atoms with van der Waals surface area (Å²) >= 11 is 0. The van der Waals surface area contributed by atoms with Crippen LogP contribution >= 0.6 is 0 Å². The summed E-state index contributed by atoms with van der Waals surface area (Å²) in [7, 11) is 0. The Bertz CT molecular complexity index is 802. The highest BCUT2D eigenvalue weighted by molar-refractivity contribution is 5.68. The number of H-pyrrole nitrogens is 1. The molecule has 1 aliphatic heterocycles. The van der Waals surface area contributed by atoms with E-state index in [1.54, 1.807) is 12.4 Å². The molecular formula is C17H17N5O.